The van der Waals surface area contributed by atoms with Gasteiger partial charge in [0.15, 0.2) is 0 Å². The predicted molar refractivity (Wildman–Crippen MR) is 94.0 cm³/mol. The summed E-state index contributed by atoms with van der Waals surface area (Å²) in [5.74, 6) is 11.2. The summed E-state index contributed by atoms with van der Waals surface area (Å²) < 4.78 is 0. The van der Waals surface area contributed by atoms with Gasteiger partial charge in [-0.15, -0.1) is 0 Å². The molecule has 1 aromatic rings. The SMILES string of the molecule is NC(=O)C(NC(=O)c1ccc(C#CC#CC2CC2)cc1)C1(N)CC1.O. The van der Waals surface area contributed by atoms with Gasteiger partial charge in [-0.3, -0.25) is 9.59 Å². The molecule has 1 unspecified atom stereocenters. The Morgan fingerprint density at radius 3 is 2.32 bits per heavy atom. The van der Waals surface area contributed by atoms with Crippen molar-refractivity contribution >= 4 is 11.8 Å². The first-order valence-electron chi connectivity index (χ1n) is 7.99. The molecule has 2 aliphatic carbocycles. The molecule has 0 spiro atoms. The summed E-state index contributed by atoms with van der Waals surface area (Å²) in [5.41, 5.74) is 11.8. The maximum absolute atomic E-state index is 12.3. The molecule has 2 aliphatic rings. The van der Waals surface area contributed by atoms with Crippen LogP contribution in [0, 0.1) is 29.6 Å². The van der Waals surface area contributed by atoms with Gasteiger partial charge in [-0.2, -0.15) is 0 Å². The van der Waals surface area contributed by atoms with Gasteiger partial charge in [0.05, 0.1) is 0 Å². The smallest absolute Gasteiger partial charge is 0.251 e. The maximum atomic E-state index is 12.3. The van der Waals surface area contributed by atoms with E-state index >= 15 is 0 Å². The molecule has 2 fully saturated rings. The highest BCUT2D eigenvalue weighted by molar-refractivity contribution is 5.98. The number of primary amides is 1. The minimum absolute atomic E-state index is 0. The van der Waals surface area contributed by atoms with Crippen LogP contribution in [0.2, 0.25) is 0 Å². The molecule has 0 radical (unpaired) electrons. The van der Waals surface area contributed by atoms with Crippen LogP contribution in [-0.4, -0.2) is 28.9 Å². The van der Waals surface area contributed by atoms with Crippen LogP contribution >= 0.6 is 0 Å². The van der Waals surface area contributed by atoms with Crippen molar-refractivity contribution in [3.8, 4) is 23.7 Å². The van der Waals surface area contributed by atoms with Crippen LogP contribution in [0.1, 0.15) is 41.6 Å². The Bertz CT molecular complexity index is 785. The Morgan fingerprint density at radius 2 is 1.80 bits per heavy atom. The first-order chi connectivity index (χ1) is 11.5. The van der Waals surface area contributed by atoms with Crippen molar-refractivity contribution in [2.45, 2.75) is 37.3 Å². The van der Waals surface area contributed by atoms with Crippen molar-refractivity contribution in [3.05, 3.63) is 35.4 Å². The van der Waals surface area contributed by atoms with E-state index in [2.05, 4.69) is 29.0 Å². The number of hydrogen-bond acceptors (Lipinski definition) is 3. The zero-order valence-electron chi connectivity index (χ0n) is 13.8. The average Bonchev–Trinajstić information content (AvgIpc) is 3.47. The van der Waals surface area contributed by atoms with Gasteiger partial charge in [0.1, 0.15) is 6.04 Å². The minimum Gasteiger partial charge on any atom is -0.412 e. The number of nitrogens with one attached hydrogen (secondary N) is 1. The highest BCUT2D eigenvalue weighted by atomic mass is 16.2. The Hall–Kier alpha value is -2.80. The van der Waals surface area contributed by atoms with Crippen LogP contribution in [0.5, 0.6) is 0 Å². The number of hydrogen-bond donors (Lipinski definition) is 3. The van der Waals surface area contributed by atoms with Crippen LogP contribution in [0.4, 0.5) is 0 Å². The Kier molecular flexibility index (Phi) is 5.48. The number of carbonyl (C=O) groups is 2. The number of benzene rings is 1. The van der Waals surface area contributed by atoms with Crippen molar-refractivity contribution < 1.29 is 15.1 Å². The van der Waals surface area contributed by atoms with E-state index < -0.39 is 17.5 Å². The third-order valence-electron chi connectivity index (χ3n) is 4.23. The second-order valence-electron chi connectivity index (χ2n) is 6.41. The lowest BCUT2D eigenvalue weighted by molar-refractivity contribution is -0.120. The molecule has 3 rings (SSSR count). The zero-order valence-corrected chi connectivity index (χ0v) is 13.8. The number of rotatable bonds is 4. The molecule has 7 N–H and O–H groups in total. The Balaban J connectivity index is 0.00000225. The molecule has 0 saturated heterocycles. The average molecular weight is 339 g/mol. The highest BCUT2D eigenvalue weighted by Crippen LogP contribution is 2.35. The fourth-order valence-corrected chi connectivity index (χ4v) is 2.32. The van der Waals surface area contributed by atoms with E-state index in [0.29, 0.717) is 24.3 Å². The van der Waals surface area contributed by atoms with Gasteiger partial charge >= 0.3 is 0 Å². The van der Waals surface area contributed by atoms with Gasteiger partial charge in [0.2, 0.25) is 5.91 Å². The van der Waals surface area contributed by atoms with Gasteiger partial charge in [-0.05, 0) is 61.8 Å². The maximum Gasteiger partial charge on any atom is 0.251 e. The van der Waals surface area contributed by atoms with Crippen molar-refractivity contribution in [2.75, 3.05) is 0 Å². The first kappa shape index (κ1) is 18.5. The monoisotopic (exact) mass is 339 g/mol. The summed E-state index contributed by atoms with van der Waals surface area (Å²) in [7, 11) is 0. The van der Waals surface area contributed by atoms with E-state index in [1.807, 2.05) is 0 Å². The van der Waals surface area contributed by atoms with Crippen LogP contribution in [0.25, 0.3) is 0 Å². The molecule has 2 saturated carbocycles. The summed E-state index contributed by atoms with van der Waals surface area (Å²) in [6, 6.07) is 5.95. The number of nitrogens with two attached hydrogens (primary N) is 2. The summed E-state index contributed by atoms with van der Waals surface area (Å²) >= 11 is 0. The standard InChI is InChI=1S/C19H19N3O2.H2O/c20-17(23)16(19(21)11-12-19)22-18(24)15-9-7-14(8-10-15)4-2-1-3-13-5-6-13;/h7-10,13,16H,5-6,11-12,21H2,(H2,20,23)(H,22,24);1H2. The molecule has 25 heavy (non-hydrogen) atoms. The molecular weight excluding hydrogens is 318 g/mol. The largest absolute Gasteiger partial charge is 0.412 e. The van der Waals surface area contributed by atoms with E-state index in [1.54, 1.807) is 24.3 Å². The van der Waals surface area contributed by atoms with E-state index in [1.165, 1.54) is 12.8 Å². The van der Waals surface area contributed by atoms with Gasteiger partial charge in [-0.1, -0.05) is 11.8 Å². The fraction of sp³-hybridized carbons (Fsp3) is 0.368. The lowest BCUT2D eigenvalue weighted by Crippen LogP contribution is -2.56. The number of carbonyl (C=O) groups excluding carboxylic acids is 2. The van der Waals surface area contributed by atoms with Crippen LogP contribution in [0.3, 0.4) is 0 Å². The third kappa shape index (κ3) is 4.84. The molecule has 0 aliphatic heterocycles. The van der Waals surface area contributed by atoms with E-state index in [-0.39, 0.29) is 11.4 Å². The minimum atomic E-state index is -0.845. The van der Waals surface area contributed by atoms with Gasteiger partial charge in [0, 0.05) is 22.6 Å². The molecule has 130 valence electrons. The molecule has 0 heterocycles. The predicted octanol–water partition coefficient (Wildman–Crippen LogP) is -0.298. The molecule has 0 aromatic heterocycles. The van der Waals surface area contributed by atoms with Crippen molar-refractivity contribution in [2.24, 2.45) is 17.4 Å². The topological polar surface area (TPSA) is 130 Å². The molecule has 2 amide bonds. The molecule has 6 heteroatoms. The molecule has 1 aromatic carbocycles. The molecule has 0 bridgehead atoms. The lowest BCUT2D eigenvalue weighted by atomic mass is 10.1. The summed E-state index contributed by atoms with van der Waals surface area (Å²) in [6.07, 6.45) is 3.71. The van der Waals surface area contributed by atoms with Crippen molar-refractivity contribution in [1.82, 2.24) is 5.32 Å². The third-order valence-corrected chi connectivity index (χ3v) is 4.23. The fourth-order valence-electron chi connectivity index (χ4n) is 2.32. The second-order valence-corrected chi connectivity index (χ2v) is 6.41. The van der Waals surface area contributed by atoms with Crippen LogP contribution in [-0.2, 0) is 4.79 Å². The summed E-state index contributed by atoms with van der Waals surface area (Å²) in [6.45, 7) is 0. The van der Waals surface area contributed by atoms with E-state index in [4.69, 9.17) is 11.5 Å². The van der Waals surface area contributed by atoms with Gasteiger partial charge < -0.3 is 22.3 Å². The van der Waals surface area contributed by atoms with Gasteiger partial charge in [-0.25, -0.2) is 0 Å². The second kappa shape index (κ2) is 7.40. The molecule has 6 nitrogen and oxygen atoms in total. The molecular formula is C19H21N3O3. The summed E-state index contributed by atoms with van der Waals surface area (Å²) in [4.78, 5) is 23.8. The summed E-state index contributed by atoms with van der Waals surface area (Å²) in [5, 5.41) is 2.63. The Labute approximate surface area is 146 Å². The van der Waals surface area contributed by atoms with Crippen molar-refractivity contribution in [3.63, 3.8) is 0 Å². The number of amides is 2. The van der Waals surface area contributed by atoms with Crippen molar-refractivity contribution in [1.29, 1.82) is 0 Å². The zero-order chi connectivity index (χ0) is 17.2. The molecule has 1 atom stereocenters. The first-order valence-corrected chi connectivity index (χ1v) is 7.99. The van der Waals surface area contributed by atoms with E-state index in [9.17, 15) is 9.59 Å². The van der Waals surface area contributed by atoms with Crippen LogP contribution in [0.15, 0.2) is 24.3 Å². The quantitative estimate of drug-likeness (QED) is 0.651. The van der Waals surface area contributed by atoms with Crippen LogP contribution < -0.4 is 16.8 Å². The highest BCUT2D eigenvalue weighted by Gasteiger charge is 2.49. The van der Waals surface area contributed by atoms with Gasteiger partial charge in [0.25, 0.3) is 5.91 Å². The Morgan fingerprint density at radius 1 is 1.16 bits per heavy atom. The lowest BCUT2D eigenvalue weighted by Gasteiger charge is -2.21. The normalized spacial score (nSPS) is 17.5. The van der Waals surface area contributed by atoms with E-state index in [0.717, 1.165) is 5.56 Å².